The molecule has 1 aliphatic carbocycles. The molecule has 3 aromatic rings. The lowest BCUT2D eigenvalue weighted by molar-refractivity contribution is 0.912. The standard InChI is InChI=1S/C19H15N/c20-9-8-16-10-15-4-1-2-7-17(15)19-12-14-6-3-5-13(14)11-18(16)19/h1-2,4,7,10-12H,3,5-6,8H2. The molecule has 0 aromatic heterocycles. The maximum Gasteiger partial charge on any atom is 0.0669 e. The van der Waals surface area contributed by atoms with Gasteiger partial charge in [0.2, 0.25) is 0 Å². The molecule has 0 aliphatic heterocycles. The SMILES string of the molecule is N#CCc1cc2ccccc2c2cc3c(cc12)CCC3. The van der Waals surface area contributed by atoms with E-state index >= 15 is 0 Å². The van der Waals surface area contributed by atoms with Crippen LogP contribution in [0.2, 0.25) is 0 Å². The van der Waals surface area contributed by atoms with Crippen molar-refractivity contribution in [2.75, 3.05) is 0 Å². The van der Waals surface area contributed by atoms with Gasteiger partial charge in [0.1, 0.15) is 0 Å². The first-order valence-corrected chi connectivity index (χ1v) is 7.20. The average Bonchev–Trinajstić information content (AvgIpc) is 2.93. The Hall–Kier alpha value is -2.33. The molecule has 0 radical (unpaired) electrons. The Labute approximate surface area is 118 Å². The van der Waals surface area contributed by atoms with Gasteiger partial charge in [-0.3, -0.25) is 0 Å². The van der Waals surface area contributed by atoms with E-state index in [-0.39, 0.29) is 0 Å². The second kappa shape index (κ2) is 4.35. The third-order valence-corrected chi connectivity index (χ3v) is 4.43. The quantitative estimate of drug-likeness (QED) is 0.587. The van der Waals surface area contributed by atoms with Crippen LogP contribution in [0.3, 0.4) is 0 Å². The van der Waals surface area contributed by atoms with E-state index in [1.807, 2.05) is 0 Å². The number of nitrogens with zero attached hydrogens (tertiary/aromatic N) is 1. The lowest BCUT2D eigenvalue weighted by Crippen LogP contribution is -1.91. The van der Waals surface area contributed by atoms with Crippen LogP contribution in [0.4, 0.5) is 0 Å². The van der Waals surface area contributed by atoms with E-state index in [1.165, 1.54) is 51.9 Å². The number of hydrogen-bond acceptors (Lipinski definition) is 1. The van der Waals surface area contributed by atoms with Crippen molar-refractivity contribution in [1.82, 2.24) is 0 Å². The van der Waals surface area contributed by atoms with Crippen molar-refractivity contribution in [3.63, 3.8) is 0 Å². The van der Waals surface area contributed by atoms with Crippen LogP contribution in [0.5, 0.6) is 0 Å². The molecular weight excluding hydrogens is 242 g/mol. The molecule has 96 valence electrons. The van der Waals surface area contributed by atoms with E-state index in [0.29, 0.717) is 6.42 Å². The maximum atomic E-state index is 9.09. The summed E-state index contributed by atoms with van der Waals surface area (Å²) in [6.07, 6.45) is 4.13. The molecule has 4 rings (SSSR count). The van der Waals surface area contributed by atoms with Crippen LogP contribution in [-0.2, 0) is 19.3 Å². The third kappa shape index (κ3) is 1.62. The molecule has 0 N–H and O–H groups in total. The Bertz CT molecular complexity index is 868. The summed E-state index contributed by atoms with van der Waals surface area (Å²) in [5.74, 6) is 0. The Morgan fingerprint density at radius 3 is 2.45 bits per heavy atom. The minimum atomic E-state index is 0.486. The summed E-state index contributed by atoms with van der Waals surface area (Å²) in [6, 6.07) is 17.7. The van der Waals surface area contributed by atoms with Crippen molar-refractivity contribution < 1.29 is 0 Å². The predicted octanol–water partition coefficient (Wildman–Crippen LogP) is 4.55. The van der Waals surface area contributed by atoms with Gasteiger partial charge in [0.25, 0.3) is 0 Å². The molecule has 1 aliphatic rings. The zero-order chi connectivity index (χ0) is 13.5. The Kier molecular flexibility index (Phi) is 2.50. The van der Waals surface area contributed by atoms with Crippen molar-refractivity contribution in [2.45, 2.75) is 25.7 Å². The van der Waals surface area contributed by atoms with Crippen LogP contribution >= 0.6 is 0 Å². The van der Waals surface area contributed by atoms with E-state index in [0.717, 1.165) is 5.56 Å². The molecule has 0 saturated carbocycles. The van der Waals surface area contributed by atoms with Crippen molar-refractivity contribution in [3.8, 4) is 6.07 Å². The summed E-state index contributed by atoms with van der Waals surface area (Å²) in [5.41, 5.74) is 4.14. The first kappa shape index (κ1) is 11.5. The van der Waals surface area contributed by atoms with Crippen LogP contribution in [0.15, 0.2) is 42.5 Å². The Morgan fingerprint density at radius 2 is 1.65 bits per heavy atom. The van der Waals surface area contributed by atoms with Crippen molar-refractivity contribution in [2.24, 2.45) is 0 Å². The molecule has 20 heavy (non-hydrogen) atoms. The molecule has 0 atom stereocenters. The van der Waals surface area contributed by atoms with Crippen molar-refractivity contribution >= 4 is 21.5 Å². The largest absolute Gasteiger partial charge is 0.198 e. The summed E-state index contributed by atoms with van der Waals surface area (Å²) in [5, 5.41) is 14.2. The Morgan fingerprint density at radius 1 is 0.900 bits per heavy atom. The van der Waals surface area contributed by atoms with E-state index in [4.69, 9.17) is 5.26 Å². The monoisotopic (exact) mass is 257 g/mol. The fourth-order valence-electron chi connectivity index (χ4n) is 3.48. The molecule has 0 amide bonds. The van der Waals surface area contributed by atoms with Crippen LogP contribution in [0.1, 0.15) is 23.1 Å². The van der Waals surface area contributed by atoms with Crippen LogP contribution < -0.4 is 0 Å². The van der Waals surface area contributed by atoms with Gasteiger partial charge in [-0.25, -0.2) is 0 Å². The summed E-state index contributed by atoms with van der Waals surface area (Å²) in [4.78, 5) is 0. The van der Waals surface area contributed by atoms with E-state index in [1.54, 1.807) is 0 Å². The molecule has 1 heteroatoms. The highest BCUT2D eigenvalue weighted by Crippen LogP contribution is 2.34. The molecule has 3 aromatic carbocycles. The van der Waals surface area contributed by atoms with Gasteiger partial charge >= 0.3 is 0 Å². The molecular formula is C19H15N. The molecule has 1 nitrogen and oxygen atoms in total. The number of rotatable bonds is 1. The van der Waals surface area contributed by atoms with Crippen LogP contribution in [-0.4, -0.2) is 0 Å². The summed E-state index contributed by atoms with van der Waals surface area (Å²) < 4.78 is 0. The summed E-state index contributed by atoms with van der Waals surface area (Å²) in [7, 11) is 0. The van der Waals surface area contributed by atoms with Crippen LogP contribution in [0, 0.1) is 11.3 Å². The molecule has 0 unspecified atom stereocenters. The maximum absolute atomic E-state index is 9.09. The third-order valence-electron chi connectivity index (χ3n) is 4.43. The number of hydrogen-bond donors (Lipinski definition) is 0. The minimum absolute atomic E-state index is 0.486. The molecule has 0 heterocycles. The smallest absolute Gasteiger partial charge is 0.0669 e. The fourth-order valence-corrected chi connectivity index (χ4v) is 3.48. The zero-order valence-corrected chi connectivity index (χ0v) is 11.3. The number of nitriles is 1. The Balaban J connectivity index is 2.17. The second-order valence-electron chi connectivity index (χ2n) is 5.61. The normalized spacial score (nSPS) is 13.6. The first-order valence-electron chi connectivity index (χ1n) is 7.20. The minimum Gasteiger partial charge on any atom is -0.198 e. The van der Waals surface area contributed by atoms with Crippen molar-refractivity contribution in [3.05, 3.63) is 59.2 Å². The number of aryl methyl sites for hydroxylation is 2. The van der Waals surface area contributed by atoms with Gasteiger partial charge in [0, 0.05) is 0 Å². The molecule has 0 fully saturated rings. The lowest BCUT2D eigenvalue weighted by Gasteiger charge is -2.11. The molecule has 0 saturated heterocycles. The van der Waals surface area contributed by atoms with Crippen molar-refractivity contribution in [1.29, 1.82) is 5.26 Å². The van der Waals surface area contributed by atoms with E-state index < -0.39 is 0 Å². The van der Waals surface area contributed by atoms with Gasteiger partial charge in [-0.05, 0) is 63.6 Å². The topological polar surface area (TPSA) is 23.8 Å². The highest BCUT2D eigenvalue weighted by Gasteiger charge is 2.14. The average molecular weight is 257 g/mol. The van der Waals surface area contributed by atoms with Gasteiger partial charge in [-0.15, -0.1) is 0 Å². The van der Waals surface area contributed by atoms with Gasteiger partial charge in [0.15, 0.2) is 0 Å². The number of fused-ring (bicyclic) bond motifs is 4. The molecule has 0 bridgehead atoms. The molecule has 0 spiro atoms. The van der Waals surface area contributed by atoms with Gasteiger partial charge in [-0.2, -0.15) is 5.26 Å². The second-order valence-corrected chi connectivity index (χ2v) is 5.61. The van der Waals surface area contributed by atoms with E-state index in [2.05, 4.69) is 48.5 Å². The first-order chi connectivity index (χ1) is 9.86. The number of benzene rings is 3. The van der Waals surface area contributed by atoms with Gasteiger partial charge in [0.05, 0.1) is 12.5 Å². The highest BCUT2D eigenvalue weighted by atomic mass is 14.2. The fraction of sp³-hybridized carbons (Fsp3) is 0.211. The van der Waals surface area contributed by atoms with Gasteiger partial charge < -0.3 is 0 Å². The highest BCUT2D eigenvalue weighted by molar-refractivity contribution is 6.09. The predicted molar refractivity (Wildman–Crippen MR) is 82.8 cm³/mol. The lowest BCUT2D eigenvalue weighted by atomic mass is 9.93. The van der Waals surface area contributed by atoms with Crippen LogP contribution in [0.25, 0.3) is 21.5 Å². The van der Waals surface area contributed by atoms with Gasteiger partial charge in [-0.1, -0.05) is 36.4 Å². The zero-order valence-electron chi connectivity index (χ0n) is 11.3. The van der Waals surface area contributed by atoms with E-state index in [9.17, 15) is 0 Å². The summed E-state index contributed by atoms with van der Waals surface area (Å²) >= 11 is 0. The summed E-state index contributed by atoms with van der Waals surface area (Å²) in [6.45, 7) is 0.